The predicted octanol–water partition coefficient (Wildman–Crippen LogP) is 4.54. The van der Waals surface area contributed by atoms with E-state index in [1.807, 2.05) is 6.20 Å². The Bertz CT molecular complexity index is 1120. The monoisotopic (exact) mass is 448 g/mol. The number of fused-ring (bicyclic) bond motifs is 1. The maximum atomic E-state index is 12.9. The fraction of sp³-hybridized carbons (Fsp3) is 0.409. The predicted molar refractivity (Wildman–Crippen MR) is 111 cm³/mol. The molecular formula is C22H23F3N4O3. The van der Waals surface area contributed by atoms with Crippen molar-refractivity contribution in [1.82, 2.24) is 14.4 Å². The van der Waals surface area contributed by atoms with Gasteiger partial charge in [0.1, 0.15) is 28.5 Å². The molecule has 0 spiro atoms. The van der Waals surface area contributed by atoms with Gasteiger partial charge in [-0.25, -0.2) is 9.97 Å². The summed E-state index contributed by atoms with van der Waals surface area (Å²) in [5.74, 6) is 0.181. The van der Waals surface area contributed by atoms with Crippen molar-refractivity contribution in [3.05, 3.63) is 53.7 Å². The highest BCUT2D eigenvalue weighted by atomic mass is 19.4. The Morgan fingerprint density at radius 2 is 2.16 bits per heavy atom. The third-order valence-corrected chi connectivity index (χ3v) is 5.53. The number of halogens is 3. The number of rotatable bonds is 6. The molecular weight excluding hydrogens is 425 g/mol. The van der Waals surface area contributed by atoms with Gasteiger partial charge in [-0.1, -0.05) is 13.0 Å². The molecule has 32 heavy (non-hydrogen) atoms. The molecule has 1 N–H and O–H groups in total. The summed E-state index contributed by atoms with van der Waals surface area (Å²) in [5.41, 5.74) is 0.373. The lowest BCUT2D eigenvalue weighted by Crippen LogP contribution is -2.17. The van der Waals surface area contributed by atoms with E-state index in [2.05, 4.69) is 17.2 Å². The summed E-state index contributed by atoms with van der Waals surface area (Å²) in [7, 11) is 0. The number of carbonyl (C=O) groups is 1. The van der Waals surface area contributed by atoms with Crippen molar-refractivity contribution in [2.45, 2.75) is 32.4 Å². The molecule has 0 saturated carbocycles. The maximum absolute atomic E-state index is 12.9. The van der Waals surface area contributed by atoms with Gasteiger partial charge in [-0.05, 0) is 31.4 Å². The van der Waals surface area contributed by atoms with Crippen LogP contribution in [0.5, 0.6) is 5.75 Å². The Kier molecular flexibility index (Phi) is 6.05. The first-order valence-corrected chi connectivity index (χ1v) is 10.3. The lowest BCUT2D eigenvalue weighted by atomic mass is 9.91. The molecule has 1 unspecified atom stereocenters. The maximum Gasteiger partial charge on any atom is 0.433 e. The number of pyridine rings is 2. The molecule has 3 aromatic heterocycles. The van der Waals surface area contributed by atoms with Crippen LogP contribution in [0.4, 0.5) is 18.9 Å². The van der Waals surface area contributed by atoms with E-state index in [9.17, 15) is 18.0 Å². The summed E-state index contributed by atoms with van der Waals surface area (Å²) in [4.78, 5) is 20.8. The Labute approximate surface area is 182 Å². The number of alkyl halides is 3. The molecule has 1 fully saturated rings. The van der Waals surface area contributed by atoms with E-state index >= 15 is 0 Å². The number of hydrogen-bond acceptors (Lipinski definition) is 5. The minimum absolute atomic E-state index is 0.195. The largest absolute Gasteiger partial charge is 0.491 e. The number of anilines is 1. The Balaban J connectivity index is 1.63. The lowest BCUT2D eigenvalue weighted by molar-refractivity contribution is -0.141. The van der Waals surface area contributed by atoms with Crippen LogP contribution in [-0.4, -0.2) is 40.1 Å². The highest BCUT2D eigenvalue weighted by molar-refractivity contribution is 6.03. The number of imidazole rings is 1. The van der Waals surface area contributed by atoms with Crippen LogP contribution < -0.4 is 10.1 Å². The lowest BCUT2D eigenvalue weighted by Gasteiger charge is -2.14. The van der Waals surface area contributed by atoms with Crippen molar-refractivity contribution in [2.24, 2.45) is 5.92 Å². The second-order valence-electron chi connectivity index (χ2n) is 7.69. The molecule has 0 aromatic carbocycles. The molecule has 4 heterocycles. The van der Waals surface area contributed by atoms with Gasteiger partial charge in [-0.15, -0.1) is 0 Å². The van der Waals surface area contributed by atoms with Crippen LogP contribution in [0, 0.1) is 5.92 Å². The van der Waals surface area contributed by atoms with E-state index in [0.717, 1.165) is 30.9 Å². The third kappa shape index (κ3) is 4.55. The zero-order valence-corrected chi connectivity index (χ0v) is 17.6. The van der Waals surface area contributed by atoms with Gasteiger partial charge in [0.15, 0.2) is 0 Å². The van der Waals surface area contributed by atoms with Crippen LogP contribution in [0.15, 0.2) is 36.7 Å². The minimum Gasteiger partial charge on any atom is -0.491 e. The summed E-state index contributed by atoms with van der Waals surface area (Å²) in [5, 5.41) is 2.61. The van der Waals surface area contributed by atoms with E-state index in [1.165, 1.54) is 6.07 Å². The molecule has 2 atom stereocenters. The number of ether oxygens (including phenoxy) is 2. The molecule has 3 aromatic rings. The molecule has 1 saturated heterocycles. The van der Waals surface area contributed by atoms with Gasteiger partial charge < -0.3 is 19.2 Å². The molecule has 0 bridgehead atoms. The van der Waals surface area contributed by atoms with Crippen LogP contribution >= 0.6 is 0 Å². The smallest absolute Gasteiger partial charge is 0.433 e. The van der Waals surface area contributed by atoms with Crippen LogP contribution in [0.3, 0.4) is 0 Å². The van der Waals surface area contributed by atoms with Gasteiger partial charge in [-0.2, -0.15) is 13.2 Å². The quantitative estimate of drug-likeness (QED) is 0.599. The summed E-state index contributed by atoms with van der Waals surface area (Å²) in [6, 6.07) is 4.88. The molecule has 10 heteroatoms. The van der Waals surface area contributed by atoms with Crippen LogP contribution in [0.2, 0.25) is 0 Å². The van der Waals surface area contributed by atoms with Gasteiger partial charge in [-0.3, -0.25) is 4.79 Å². The van der Waals surface area contributed by atoms with Crippen molar-refractivity contribution in [3.63, 3.8) is 0 Å². The molecule has 1 aliphatic heterocycles. The van der Waals surface area contributed by atoms with Crippen LogP contribution in [-0.2, 0) is 10.9 Å². The number of amides is 1. The van der Waals surface area contributed by atoms with Gasteiger partial charge >= 0.3 is 6.18 Å². The Hall–Kier alpha value is -3.14. The number of nitrogens with one attached hydrogen (secondary N) is 1. The number of nitrogens with zero attached hydrogens (tertiary/aromatic N) is 3. The van der Waals surface area contributed by atoms with Crippen LogP contribution in [0.1, 0.15) is 48.1 Å². The SMILES string of the molecule is CCOc1cc2nc(C(C)[C@@H]3CCOC3)cn2cc1NC(=O)c1cccc(C(F)(F)F)n1. The van der Waals surface area contributed by atoms with E-state index < -0.39 is 17.8 Å². The number of aromatic nitrogens is 3. The van der Waals surface area contributed by atoms with Gasteiger partial charge in [0.25, 0.3) is 5.91 Å². The van der Waals surface area contributed by atoms with Crippen molar-refractivity contribution in [1.29, 1.82) is 0 Å². The third-order valence-electron chi connectivity index (χ3n) is 5.53. The molecule has 170 valence electrons. The van der Waals surface area contributed by atoms with Gasteiger partial charge in [0, 0.05) is 31.0 Å². The second-order valence-corrected chi connectivity index (χ2v) is 7.69. The normalized spacial score (nSPS) is 17.5. The molecule has 0 aliphatic carbocycles. The zero-order valence-electron chi connectivity index (χ0n) is 17.6. The highest BCUT2D eigenvalue weighted by Crippen LogP contribution is 2.33. The standard InChI is InChI=1S/C22H23F3N4O3/c1-3-32-18-9-20-27-16(13(2)14-7-8-31-12-14)10-29(20)11-17(18)28-21(30)15-5-4-6-19(26-15)22(23,24)25/h4-6,9-11,13-14H,3,7-8,12H2,1-2H3,(H,28,30)/t13?,14-/m1/s1. The van der Waals surface area contributed by atoms with E-state index in [0.29, 0.717) is 36.2 Å². The molecule has 1 amide bonds. The second kappa shape index (κ2) is 8.78. The summed E-state index contributed by atoms with van der Waals surface area (Å²) in [6.45, 7) is 5.68. The van der Waals surface area contributed by atoms with E-state index in [1.54, 1.807) is 23.6 Å². The number of hydrogen-bond donors (Lipinski definition) is 1. The van der Waals surface area contributed by atoms with Crippen LogP contribution in [0.25, 0.3) is 5.65 Å². The Morgan fingerprint density at radius 3 is 2.84 bits per heavy atom. The van der Waals surface area contributed by atoms with Crippen molar-refractivity contribution < 1.29 is 27.4 Å². The van der Waals surface area contributed by atoms with Crippen molar-refractivity contribution >= 4 is 17.2 Å². The highest BCUT2D eigenvalue weighted by Gasteiger charge is 2.33. The van der Waals surface area contributed by atoms with E-state index in [-0.39, 0.29) is 11.6 Å². The molecule has 7 nitrogen and oxygen atoms in total. The van der Waals surface area contributed by atoms with E-state index in [4.69, 9.17) is 14.5 Å². The first-order valence-electron chi connectivity index (χ1n) is 10.3. The topological polar surface area (TPSA) is 77.8 Å². The summed E-state index contributed by atoms with van der Waals surface area (Å²) < 4.78 is 51.7. The van der Waals surface area contributed by atoms with Crippen molar-refractivity contribution in [3.8, 4) is 5.75 Å². The van der Waals surface area contributed by atoms with Crippen molar-refractivity contribution in [2.75, 3.05) is 25.1 Å². The summed E-state index contributed by atoms with van der Waals surface area (Å²) >= 11 is 0. The molecule has 0 radical (unpaired) electrons. The molecule has 1 aliphatic rings. The zero-order chi connectivity index (χ0) is 22.9. The first kappa shape index (κ1) is 22.1. The first-order chi connectivity index (χ1) is 15.3. The number of carbonyl (C=O) groups excluding carboxylic acids is 1. The molecule has 4 rings (SSSR count). The Morgan fingerprint density at radius 1 is 1.34 bits per heavy atom. The average molecular weight is 448 g/mol. The fourth-order valence-electron chi connectivity index (χ4n) is 3.72. The van der Waals surface area contributed by atoms with Gasteiger partial charge in [0.05, 0.1) is 18.9 Å². The summed E-state index contributed by atoms with van der Waals surface area (Å²) in [6.07, 6.45) is -0.142. The minimum atomic E-state index is -4.64. The average Bonchev–Trinajstić information content (AvgIpc) is 3.43. The fourth-order valence-corrected chi connectivity index (χ4v) is 3.72. The van der Waals surface area contributed by atoms with Gasteiger partial charge in [0.2, 0.25) is 0 Å².